The zero-order chi connectivity index (χ0) is 20.9. The standard InChI is InChI=1S/C21H16F4N2O2/c1-10(12-3-2-11(22)8-16(12)24)26-20(29)21(6-7-21)14-9-13-17(27-19(14)28)5-4-15(23)18(13)25/h2-5,8-10H,6-7H2,1H3,(H,26,29)(H,27,28). The Morgan fingerprint density at radius 1 is 1.07 bits per heavy atom. The van der Waals surface area contributed by atoms with E-state index in [1.165, 1.54) is 25.1 Å². The van der Waals surface area contributed by atoms with Crippen molar-refractivity contribution >= 4 is 16.8 Å². The number of hydrogen-bond donors (Lipinski definition) is 2. The van der Waals surface area contributed by atoms with Crippen molar-refractivity contribution in [2.45, 2.75) is 31.2 Å². The van der Waals surface area contributed by atoms with Crippen LogP contribution in [0.3, 0.4) is 0 Å². The summed E-state index contributed by atoms with van der Waals surface area (Å²) in [6, 6.07) is 5.60. The molecule has 0 radical (unpaired) electrons. The molecule has 150 valence electrons. The highest BCUT2D eigenvalue weighted by atomic mass is 19.2. The second kappa shape index (κ2) is 6.72. The maximum atomic E-state index is 14.2. The molecule has 0 aliphatic heterocycles. The van der Waals surface area contributed by atoms with Gasteiger partial charge < -0.3 is 10.3 Å². The molecule has 1 unspecified atom stereocenters. The van der Waals surface area contributed by atoms with Gasteiger partial charge in [-0.15, -0.1) is 0 Å². The maximum Gasteiger partial charge on any atom is 0.252 e. The fourth-order valence-electron chi connectivity index (χ4n) is 3.58. The number of aromatic amines is 1. The second-order valence-electron chi connectivity index (χ2n) is 7.28. The van der Waals surface area contributed by atoms with Crippen LogP contribution in [0.25, 0.3) is 10.9 Å². The Morgan fingerprint density at radius 2 is 1.79 bits per heavy atom. The summed E-state index contributed by atoms with van der Waals surface area (Å²) in [6.07, 6.45) is 0.673. The Labute approximate surface area is 162 Å². The fraction of sp³-hybridized carbons (Fsp3) is 0.238. The summed E-state index contributed by atoms with van der Waals surface area (Å²) in [5, 5.41) is 2.51. The van der Waals surface area contributed by atoms with E-state index in [1.807, 2.05) is 0 Å². The summed E-state index contributed by atoms with van der Waals surface area (Å²) in [6.45, 7) is 1.53. The largest absolute Gasteiger partial charge is 0.349 e. The number of pyridine rings is 1. The molecule has 1 aliphatic carbocycles. The smallest absolute Gasteiger partial charge is 0.252 e. The highest BCUT2D eigenvalue weighted by Crippen LogP contribution is 2.48. The molecule has 2 aromatic carbocycles. The average molecular weight is 404 g/mol. The van der Waals surface area contributed by atoms with Crippen LogP contribution in [-0.2, 0) is 10.2 Å². The van der Waals surface area contributed by atoms with E-state index in [0.29, 0.717) is 12.8 Å². The van der Waals surface area contributed by atoms with Crippen LogP contribution in [0.5, 0.6) is 0 Å². The van der Waals surface area contributed by atoms with Gasteiger partial charge in [-0.2, -0.15) is 0 Å². The molecule has 0 spiro atoms. The molecule has 4 rings (SSSR count). The van der Waals surface area contributed by atoms with Gasteiger partial charge >= 0.3 is 0 Å². The van der Waals surface area contributed by atoms with E-state index in [2.05, 4.69) is 10.3 Å². The van der Waals surface area contributed by atoms with Crippen molar-refractivity contribution in [3.8, 4) is 0 Å². The third kappa shape index (κ3) is 3.18. The Bertz CT molecular complexity index is 1200. The minimum Gasteiger partial charge on any atom is -0.349 e. The van der Waals surface area contributed by atoms with Gasteiger partial charge in [0.25, 0.3) is 5.56 Å². The molecular formula is C21H16F4N2O2. The van der Waals surface area contributed by atoms with E-state index in [0.717, 1.165) is 18.2 Å². The minimum atomic E-state index is -1.20. The average Bonchev–Trinajstić information content (AvgIpc) is 3.46. The lowest BCUT2D eigenvalue weighted by molar-refractivity contribution is -0.124. The number of amides is 1. The summed E-state index contributed by atoms with van der Waals surface area (Å²) >= 11 is 0. The molecule has 4 nitrogen and oxygen atoms in total. The van der Waals surface area contributed by atoms with Gasteiger partial charge in [-0.1, -0.05) is 6.07 Å². The Morgan fingerprint density at radius 3 is 2.45 bits per heavy atom. The van der Waals surface area contributed by atoms with Crippen LogP contribution < -0.4 is 10.9 Å². The fourth-order valence-corrected chi connectivity index (χ4v) is 3.58. The van der Waals surface area contributed by atoms with Gasteiger partial charge in [0.05, 0.1) is 17.0 Å². The van der Waals surface area contributed by atoms with Crippen LogP contribution >= 0.6 is 0 Å². The number of fused-ring (bicyclic) bond motifs is 1. The lowest BCUT2D eigenvalue weighted by Crippen LogP contribution is -2.39. The highest BCUT2D eigenvalue weighted by Gasteiger charge is 2.53. The van der Waals surface area contributed by atoms with Crippen LogP contribution in [0.15, 0.2) is 41.2 Å². The number of nitrogens with one attached hydrogen (secondary N) is 2. The predicted octanol–water partition coefficient (Wildman–Crippen LogP) is 3.99. The number of carbonyl (C=O) groups excluding carboxylic acids is 1. The lowest BCUT2D eigenvalue weighted by Gasteiger charge is -2.20. The summed E-state index contributed by atoms with van der Waals surface area (Å²) in [5.41, 5.74) is -1.53. The molecule has 2 N–H and O–H groups in total. The first-order chi connectivity index (χ1) is 13.7. The molecule has 29 heavy (non-hydrogen) atoms. The van der Waals surface area contributed by atoms with Crippen molar-refractivity contribution in [3.05, 3.63) is 81.1 Å². The van der Waals surface area contributed by atoms with Crippen molar-refractivity contribution in [2.75, 3.05) is 0 Å². The van der Waals surface area contributed by atoms with E-state index in [4.69, 9.17) is 0 Å². The number of benzene rings is 2. The summed E-state index contributed by atoms with van der Waals surface area (Å²) < 4.78 is 54.8. The highest BCUT2D eigenvalue weighted by molar-refractivity contribution is 5.93. The quantitative estimate of drug-likeness (QED) is 0.646. The summed E-state index contributed by atoms with van der Waals surface area (Å²) in [5.74, 6) is -4.25. The third-order valence-corrected chi connectivity index (χ3v) is 5.39. The van der Waals surface area contributed by atoms with E-state index >= 15 is 0 Å². The lowest BCUT2D eigenvalue weighted by atomic mass is 9.94. The Kier molecular flexibility index (Phi) is 4.44. The second-order valence-corrected chi connectivity index (χ2v) is 7.28. The number of carbonyl (C=O) groups is 1. The molecule has 8 heteroatoms. The van der Waals surface area contributed by atoms with Crippen LogP contribution in [0.4, 0.5) is 17.6 Å². The normalized spacial score (nSPS) is 15.9. The summed E-state index contributed by atoms with van der Waals surface area (Å²) in [4.78, 5) is 27.9. The van der Waals surface area contributed by atoms with Crippen molar-refractivity contribution in [3.63, 3.8) is 0 Å². The van der Waals surface area contributed by atoms with E-state index in [-0.39, 0.29) is 22.0 Å². The maximum absolute atomic E-state index is 14.2. The number of halogens is 4. The zero-order valence-electron chi connectivity index (χ0n) is 15.3. The topological polar surface area (TPSA) is 62.0 Å². The number of aromatic nitrogens is 1. The first-order valence-corrected chi connectivity index (χ1v) is 9.00. The monoisotopic (exact) mass is 404 g/mol. The molecule has 1 amide bonds. The Balaban J connectivity index is 1.68. The van der Waals surface area contributed by atoms with E-state index < -0.39 is 46.2 Å². The molecule has 1 saturated carbocycles. The van der Waals surface area contributed by atoms with Gasteiger partial charge in [-0.3, -0.25) is 9.59 Å². The molecule has 1 fully saturated rings. The zero-order valence-corrected chi connectivity index (χ0v) is 15.3. The first kappa shape index (κ1) is 19.2. The van der Waals surface area contributed by atoms with Gasteiger partial charge in [-0.05, 0) is 44.0 Å². The molecule has 1 aromatic heterocycles. The van der Waals surface area contributed by atoms with Crippen molar-refractivity contribution in [1.29, 1.82) is 0 Å². The molecule has 1 heterocycles. The van der Waals surface area contributed by atoms with Crippen LogP contribution in [0.2, 0.25) is 0 Å². The van der Waals surface area contributed by atoms with E-state index in [1.54, 1.807) is 0 Å². The molecule has 0 saturated heterocycles. The van der Waals surface area contributed by atoms with Crippen LogP contribution in [-0.4, -0.2) is 10.9 Å². The third-order valence-electron chi connectivity index (χ3n) is 5.39. The minimum absolute atomic E-state index is 0.0266. The first-order valence-electron chi connectivity index (χ1n) is 9.00. The number of H-pyrrole nitrogens is 1. The SMILES string of the molecule is CC(NC(=O)C1(c2cc3c(F)c(F)ccc3[nH]c2=O)CC1)c1ccc(F)cc1F. The van der Waals surface area contributed by atoms with E-state index in [9.17, 15) is 27.2 Å². The van der Waals surface area contributed by atoms with Gasteiger partial charge in [0, 0.05) is 22.6 Å². The van der Waals surface area contributed by atoms with Gasteiger partial charge in [0.1, 0.15) is 11.6 Å². The molecule has 0 bridgehead atoms. The number of rotatable bonds is 4. The Hall–Kier alpha value is -3.16. The molecular weight excluding hydrogens is 388 g/mol. The summed E-state index contributed by atoms with van der Waals surface area (Å²) in [7, 11) is 0. The van der Waals surface area contributed by atoms with Crippen molar-refractivity contribution in [1.82, 2.24) is 10.3 Å². The van der Waals surface area contributed by atoms with Gasteiger partial charge in [0.2, 0.25) is 5.91 Å². The number of hydrogen-bond acceptors (Lipinski definition) is 2. The van der Waals surface area contributed by atoms with Crippen LogP contribution in [0, 0.1) is 23.3 Å². The van der Waals surface area contributed by atoms with Crippen LogP contribution in [0.1, 0.15) is 36.9 Å². The van der Waals surface area contributed by atoms with Gasteiger partial charge in [0.15, 0.2) is 11.6 Å². The molecule has 1 aliphatic rings. The van der Waals surface area contributed by atoms with Crippen molar-refractivity contribution in [2.24, 2.45) is 0 Å². The predicted molar refractivity (Wildman–Crippen MR) is 98.3 cm³/mol. The molecule has 3 aromatic rings. The van der Waals surface area contributed by atoms with Gasteiger partial charge in [-0.25, -0.2) is 17.6 Å². The molecule has 1 atom stereocenters. The van der Waals surface area contributed by atoms with Crippen molar-refractivity contribution < 1.29 is 22.4 Å².